The monoisotopic (exact) mass is 356 g/mol. The summed E-state index contributed by atoms with van der Waals surface area (Å²) in [5.41, 5.74) is 3.93. The zero-order valence-electron chi connectivity index (χ0n) is 17.7. The fraction of sp³-hybridized carbons (Fsp3) is 0.750. The highest BCUT2D eigenvalue weighted by atomic mass is 15.0. The number of rotatable bonds is 10. The van der Waals surface area contributed by atoms with Crippen molar-refractivity contribution in [1.82, 2.24) is 10.6 Å². The molecule has 2 unspecified atom stereocenters. The van der Waals surface area contributed by atoms with Crippen molar-refractivity contribution in [3.05, 3.63) is 35.4 Å². The van der Waals surface area contributed by atoms with E-state index in [0.29, 0.717) is 16.9 Å². The van der Waals surface area contributed by atoms with Gasteiger partial charge < -0.3 is 10.6 Å². The van der Waals surface area contributed by atoms with Crippen LogP contribution in [0.25, 0.3) is 0 Å². The molecule has 2 aliphatic rings. The number of benzene rings is 1. The van der Waals surface area contributed by atoms with Gasteiger partial charge in [0.1, 0.15) is 0 Å². The Morgan fingerprint density at radius 1 is 1.00 bits per heavy atom. The summed E-state index contributed by atoms with van der Waals surface area (Å²) in [5, 5.41) is 7.44. The molecule has 2 N–H and O–H groups in total. The Labute approximate surface area is 161 Å². The topological polar surface area (TPSA) is 24.1 Å². The molecule has 0 bridgehead atoms. The molecule has 1 aromatic carbocycles. The first-order valence-electron chi connectivity index (χ1n) is 10.8. The molecule has 0 heterocycles. The molecular weight excluding hydrogens is 316 g/mol. The van der Waals surface area contributed by atoms with Gasteiger partial charge in [-0.25, -0.2) is 0 Å². The minimum atomic E-state index is 0.364. The summed E-state index contributed by atoms with van der Waals surface area (Å²) in [6.45, 7) is 14.1. The number of hydrogen-bond acceptors (Lipinski definition) is 2. The molecule has 26 heavy (non-hydrogen) atoms. The Kier molecular flexibility index (Phi) is 6.14. The predicted octanol–water partition coefficient (Wildman–Crippen LogP) is 5.28. The lowest BCUT2D eigenvalue weighted by Gasteiger charge is -2.26. The second kappa shape index (κ2) is 8.02. The maximum Gasteiger partial charge on any atom is 0.0143 e. The molecule has 0 aliphatic heterocycles. The van der Waals surface area contributed by atoms with E-state index in [2.05, 4.69) is 69.5 Å². The first kappa shape index (κ1) is 19.9. The molecule has 2 atom stereocenters. The van der Waals surface area contributed by atoms with E-state index < -0.39 is 0 Å². The molecule has 0 amide bonds. The van der Waals surface area contributed by atoms with E-state index in [0.717, 1.165) is 18.5 Å². The van der Waals surface area contributed by atoms with Crippen LogP contribution in [0.1, 0.15) is 83.8 Å². The average Bonchev–Trinajstić information content (AvgIpc) is 3.44. The summed E-state index contributed by atoms with van der Waals surface area (Å²) < 4.78 is 0. The number of nitrogens with one attached hydrogen (secondary N) is 2. The van der Waals surface area contributed by atoms with Gasteiger partial charge in [0.05, 0.1) is 0 Å². The quantitative estimate of drug-likeness (QED) is 0.557. The lowest BCUT2D eigenvalue weighted by molar-refractivity contribution is 0.319. The van der Waals surface area contributed by atoms with Crippen LogP contribution >= 0.6 is 0 Å². The zero-order chi connectivity index (χ0) is 18.8. The van der Waals surface area contributed by atoms with Crippen molar-refractivity contribution in [1.29, 1.82) is 0 Å². The van der Waals surface area contributed by atoms with Gasteiger partial charge in [0.2, 0.25) is 0 Å². The van der Waals surface area contributed by atoms with Crippen LogP contribution in [0.15, 0.2) is 24.3 Å². The maximum atomic E-state index is 3.79. The summed E-state index contributed by atoms with van der Waals surface area (Å²) in [5.74, 6) is 0.723. The Bertz CT molecular complexity index is 580. The van der Waals surface area contributed by atoms with Crippen LogP contribution in [0.5, 0.6) is 0 Å². The average molecular weight is 357 g/mol. The highest BCUT2D eigenvalue weighted by Gasteiger charge is 2.40. The highest BCUT2D eigenvalue weighted by molar-refractivity contribution is 5.36. The van der Waals surface area contributed by atoms with Gasteiger partial charge >= 0.3 is 0 Å². The van der Waals surface area contributed by atoms with Crippen LogP contribution in [0.4, 0.5) is 0 Å². The second-order valence-electron chi connectivity index (χ2n) is 10.8. The van der Waals surface area contributed by atoms with Gasteiger partial charge in [0.25, 0.3) is 0 Å². The van der Waals surface area contributed by atoms with Crippen LogP contribution in [0.2, 0.25) is 0 Å². The van der Waals surface area contributed by atoms with E-state index in [4.69, 9.17) is 0 Å². The number of hydrogen-bond donors (Lipinski definition) is 2. The minimum absolute atomic E-state index is 0.364. The van der Waals surface area contributed by atoms with E-state index in [1.165, 1.54) is 45.1 Å². The molecule has 2 nitrogen and oxygen atoms in total. The summed E-state index contributed by atoms with van der Waals surface area (Å²) in [4.78, 5) is 0. The Morgan fingerprint density at radius 2 is 1.73 bits per heavy atom. The SMILES string of the molecule is CC(C)(C)CNC1CC1c1ccccc1CC(C)(C)CCCNC1CC1. The van der Waals surface area contributed by atoms with E-state index >= 15 is 0 Å². The summed E-state index contributed by atoms with van der Waals surface area (Å²) in [6, 6.07) is 10.7. The van der Waals surface area contributed by atoms with Crippen LogP contribution in [-0.4, -0.2) is 25.2 Å². The highest BCUT2D eigenvalue weighted by Crippen LogP contribution is 2.44. The van der Waals surface area contributed by atoms with Crippen molar-refractivity contribution >= 4 is 0 Å². The molecule has 2 fully saturated rings. The molecule has 0 aromatic heterocycles. The van der Waals surface area contributed by atoms with Crippen molar-refractivity contribution in [3.63, 3.8) is 0 Å². The third kappa shape index (κ3) is 6.39. The largest absolute Gasteiger partial charge is 0.314 e. The Hall–Kier alpha value is -0.860. The first-order chi connectivity index (χ1) is 12.2. The molecule has 0 radical (unpaired) electrons. The standard InChI is InChI=1S/C24H40N2/c1-23(2,3)17-26-22-15-21(22)20-10-7-6-9-18(20)16-24(4,5)13-8-14-25-19-11-12-19/h6-7,9-10,19,21-22,25-26H,8,11-17H2,1-5H3. The van der Waals surface area contributed by atoms with Crippen LogP contribution in [0, 0.1) is 10.8 Å². The Morgan fingerprint density at radius 3 is 2.42 bits per heavy atom. The molecular formula is C24H40N2. The third-order valence-electron chi connectivity index (χ3n) is 5.85. The fourth-order valence-electron chi connectivity index (χ4n) is 4.02. The summed E-state index contributed by atoms with van der Waals surface area (Å²) in [7, 11) is 0. The van der Waals surface area contributed by atoms with Crippen molar-refractivity contribution in [2.75, 3.05) is 13.1 Å². The van der Waals surface area contributed by atoms with Crippen LogP contribution in [0.3, 0.4) is 0 Å². The Balaban J connectivity index is 1.51. The molecule has 146 valence electrons. The smallest absolute Gasteiger partial charge is 0.0143 e. The predicted molar refractivity (Wildman–Crippen MR) is 113 cm³/mol. The van der Waals surface area contributed by atoms with E-state index in [1.807, 2.05) is 0 Å². The van der Waals surface area contributed by atoms with Gasteiger partial charge in [-0.05, 0) is 67.0 Å². The van der Waals surface area contributed by atoms with Crippen molar-refractivity contribution in [3.8, 4) is 0 Å². The lowest BCUT2D eigenvalue weighted by atomic mass is 9.80. The molecule has 0 spiro atoms. The van der Waals surface area contributed by atoms with Crippen LogP contribution in [-0.2, 0) is 6.42 Å². The normalized spacial score (nSPS) is 23.3. The van der Waals surface area contributed by atoms with E-state index in [9.17, 15) is 0 Å². The van der Waals surface area contributed by atoms with Crippen molar-refractivity contribution in [2.45, 2.75) is 91.1 Å². The van der Waals surface area contributed by atoms with Crippen LogP contribution < -0.4 is 10.6 Å². The second-order valence-corrected chi connectivity index (χ2v) is 10.8. The summed E-state index contributed by atoms with van der Waals surface area (Å²) in [6.07, 6.45) is 7.89. The maximum absolute atomic E-state index is 3.79. The van der Waals surface area contributed by atoms with E-state index in [-0.39, 0.29) is 0 Å². The molecule has 1 aromatic rings. The minimum Gasteiger partial charge on any atom is -0.314 e. The van der Waals surface area contributed by atoms with Gasteiger partial charge in [-0.2, -0.15) is 0 Å². The summed E-state index contributed by atoms with van der Waals surface area (Å²) >= 11 is 0. The molecule has 3 rings (SSSR count). The third-order valence-corrected chi connectivity index (χ3v) is 5.85. The molecule has 0 saturated heterocycles. The molecule has 2 saturated carbocycles. The fourth-order valence-corrected chi connectivity index (χ4v) is 4.02. The van der Waals surface area contributed by atoms with Gasteiger partial charge in [-0.15, -0.1) is 0 Å². The first-order valence-corrected chi connectivity index (χ1v) is 10.8. The van der Waals surface area contributed by atoms with Gasteiger partial charge in [-0.1, -0.05) is 58.9 Å². The van der Waals surface area contributed by atoms with Gasteiger partial charge in [0.15, 0.2) is 0 Å². The molecule has 2 aliphatic carbocycles. The molecule has 2 heteroatoms. The van der Waals surface area contributed by atoms with Crippen molar-refractivity contribution < 1.29 is 0 Å². The van der Waals surface area contributed by atoms with Gasteiger partial charge in [-0.3, -0.25) is 0 Å². The lowest BCUT2D eigenvalue weighted by Crippen LogP contribution is -2.29. The van der Waals surface area contributed by atoms with Gasteiger partial charge in [0, 0.05) is 24.5 Å². The van der Waals surface area contributed by atoms with E-state index in [1.54, 1.807) is 11.1 Å². The van der Waals surface area contributed by atoms with Crippen molar-refractivity contribution in [2.24, 2.45) is 10.8 Å². The zero-order valence-corrected chi connectivity index (χ0v) is 17.7.